The molecule has 0 aliphatic carbocycles. The molecule has 0 atom stereocenters. The van der Waals surface area contributed by atoms with Gasteiger partial charge in [0.05, 0.1) is 31.2 Å². The summed E-state index contributed by atoms with van der Waals surface area (Å²) in [6.45, 7) is 2.81. The maximum absolute atomic E-state index is 12.1. The van der Waals surface area contributed by atoms with Gasteiger partial charge in [0.2, 0.25) is 0 Å². The molecule has 0 radical (unpaired) electrons. The van der Waals surface area contributed by atoms with Crippen molar-refractivity contribution in [2.45, 2.75) is 13.5 Å². The van der Waals surface area contributed by atoms with Crippen LogP contribution >= 0.6 is 0 Å². The first-order valence-electron chi connectivity index (χ1n) is 7.59. The molecular formula is C17H17N5O2. The van der Waals surface area contributed by atoms with Crippen LogP contribution in [0.2, 0.25) is 0 Å². The molecule has 1 aromatic carbocycles. The van der Waals surface area contributed by atoms with Crippen LogP contribution in [0.3, 0.4) is 0 Å². The molecule has 1 N–H and O–H groups in total. The number of hydrogen-bond acceptors (Lipinski definition) is 5. The number of pyridine rings is 1. The van der Waals surface area contributed by atoms with Crippen LogP contribution in [0.4, 0.5) is 0 Å². The maximum Gasteiger partial charge on any atom is 0.251 e. The minimum atomic E-state index is -0.172. The van der Waals surface area contributed by atoms with Gasteiger partial charge in [0.25, 0.3) is 5.91 Å². The second-order valence-corrected chi connectivity index (χ2v) is 5.01. The van der Waals surface area contributed by atoms with Gasteiger partial charge in [-0.15, -0.1) is 5.10 Å². The first kappa shape index (κ1) is 15.7. The molecule has 0 saturated carbocycles. The van der Waals surface area contributed by atoms with E-state index in [9.17, 15) is 4.79 Å². The minimum Gasteiger partial charge on any atom is -0.494 e. The maximum atomic E-state index is 12.1. The van der Waals surface area contributed by atoms with E-state index in [1.807, 2.05) is 19.1 Å². The van der Waals surface area contributed by atoms with Crippen LogP contribution in [-0.4, -0.2) is 32.5 Å². The van der Waals surface area contributed by atoms with Gasteiger partial charge in [0, 0.05) is 11.8 Å². The van der Waals surface area contributed by atoms with E-state index in [0.29, 0.717) is 24.4 Å². The van der Waals surface area contributed by atoms with E-state index in [1.165, 1.54) is 0 Å². The molecule has 0 aliphatic heterocycles. The zero-order chi connectivity index (χ0) is 16.8. The molecule has 0 saturated heterocycles. The third-order valence-electron chi connectivity index (χ3n) is 3.31. The molecule has 2 aromatic heterocycles. The zero-order valence-electron chi connectivity index (χ0n) is 13.2. The summed E-state index contributed by atoms with van der Waals surface area (Å²) in [5.74, 6) is 0.572. The average Bonchev–Trinajstić information content (AvgIpc) is 3.10. The molecule has 7 heteroatoms. The summed E-state index contributed by atoms with van der Waals surface area (Å²) in [6, 6.07) is 10.7. The fraction of sp³-hybridized carbons (Fsp3) is 0.176. The van der Waals surface area contributed by atoms with Crippen molar-refractivity contribution >= 4 is 5.91 Å². The lowest BCUT2D eigenvalue weighted by Gasteiger charge is -2.05. The average molecular weight is 323 g/mol. The van der Waals surface area contributed by atoms with Crippen molar-refractivity contribution in [2.24, 2.45) is 0 Å². The van der Waals surface area contributed by atoms with Gasteiger partial charge in [-0.3, -0.25) is 9.78 Å². The fourth-order valence-corrected chi connectivity index (χ4v) is 2.14. The van der Waals surface area contributed by atoms with Crippen LogP contribution in [0, 0.1) is 0 Å². The highest BCUT2D eigenvalue weighted by atomic mass is 16.5. The number of nitrogens with zero attached hydrogens (tertiary/aromatic N) is 4. The topological polar surface area (TPSA) is 81.9 Å². The van der Waals surface area contributed by atoms with Crippen molar-refractivity contribution in [1.29, 1.82) is 0 Å². The van der Waals surface area contributed by atoms with Gasteiger partial charge >= 0.3 is 0 Å². The van der Waals surface area contributed by atoms with Crippen molar-refractivity contribution in [2.75, 3.05) is 6.61 Å². The summed E-state index contributed by atoms with van der Waals surface area (Å²) in [7, 11) is 0. The smallest absolute Gasteiger partial charge is 0.251 e. The van der Waals surface area contributed by atoms with Crippen molar-refractivity contribution in [1.82, 2.24) is 25.3 Å². The Hall–Kier alpha value is -3.22. The Kier molecular flexibility index (Phi) is 4.81. The summed E-state index contributed by atoms with van der Waals surface area (Å²) < 4.78 is 6.97. The van der Waals surface area contributed by atoms with Crippen LogP contribution in [0.1, 0.15) is 23.0 Å². The largest absolute Gasteiger partial charge is 0.494 e. The van der Waals surface area contributed by atoms with Crippen LogP contribution in [0.5, 0.6) is 5.75 Å². The molecule has 1 amide bonds. The third kappa shape index (κ3) is 3.75. The lowest BCUT2D eigenvalue weighted by Crippen LogP contribution is -2.22. The van der Waals surface area contributed by atoms with Gasteiger partial charge in [0.1, 0.15) is 11.4 Å². The molecule has 2 heterocycles. The number of hydrogen-bond donors (Lipinski definition) is 1. The van der Waals surface area contributed by atoms with Gasteiger partial charge < -0.3 is 10.1 Å². The van der Waals surface area contributed by atoms with Crippen LogP contribution in [0.15, 0.2) is 55.0 Å². The fourth-order valence-electron chi connectivity index (χ4n) is 2.14. The SMILES string of the molecule is CCOc1ccc(C(=O)NCc2cn(-c3cccnc3)nn2)cc1. The second-order valence-electron chi connectivity index (χ2n) is 5.01. The van der Waals surface area contributed by atoms with Gasteiger partial charge in [-0.2, -0.15) is 0 Å². The number of ether oxygens (including phenoxy) is 1. The predicted octanol–water partition coefficient (Wildman–Crippen LogP) is 1.99. The second kappa shape index (κ2) is 7.36. The van der Waals surface area contributed by atoms with E-state index in [4.69, 9.17) is 4.74 Å². The first-order chi connectivity index (χ1) is 11.8. The van der Waals surface area contributed by atoms with Crippen molar-refractivity contribution < 1.29 is 9.53 Å². The number of carbonyl (C=O) groups is 1. The molecule has 0 unspecified atom stereocenters. The Bertz CT molecular complexity index is 799. The molecule has 0 fully saturated rings. The van der Waals surface area contributed by atoms with E-state index in [2.05, 4.69) is 20.6 Å². The number of nitrogens with one attached hydrogen (secondary N) is 1. The summed E-state index contributed by atoms with van der Waals surface area (Å²) in [6.07, 6.45) is 5.14. The summed E-state index contributed by atoms with van der Waals surface area (Å²) in [4.78, 5) is 16.2. The molecule has 122 valence electrons. The standard InChI is InChI=1S/C17H17N5O2/c1-2-24-16-7-5-13(6-8-16)17(23)19-10-14-12-22(21-20-14)15-4-3-9-18-11-15/h3-9,11-12H,2,10H2,1H3,(H,19,23). The number of amides is 1. The van der Waals surface area contributed by atoms with Crippen molar-refractivity contribution in [3.05, 3.63) is 66.2 Å². The highest BCUT2D eigenvalue weighted by Gasteiger charge is 2.08. The summed E-state index contributed by atoms with van der Waals surface area (Å²) in [5.41, 5.74) is 2.05. The molecule has 0 spiro atoms. The van der Waals surface area contributed by atoms with Gasteiger partial charge in [0.15, 0.2) is 0 Å². The number of benzene rings is 1. The molecule has 24 heavy (non-hydrogen) atoms. The third-order valence-corrected chi connectivity index (χ3v) is 3.31. The first-order valence-corrected chi connectivity index (χ1v) is 7.59. The zero-order valence-corrected chi connectivity index (χ0v) is 13.2. The Morgan fingerprint density at radius 1 is 1.25 bits per heavy atom. The predicted molar refractivity (Wildman–Crippen MR) is 87.9 cm³/mol. The molecule has 0 bridgehead atoms. The quantitative estimate of drug-likeness (QED) is 0.750. The molecule has 0 aliphatic rings. The van der Waals surface area contributed by atoms with Crippen molar-refractivity contribution in [3.63, 3.8) is 0 Å². The van der Waals surface area contributed by atoms with E-state index in [0.717, 1.165) is 11.4 Å². The molecule has 3 rings (SSSR count). The Morgan fingerprint density at radius 3 is 2.79 bits per heavy atom. The summed E-state index contributed by atoms with van der Waals surface area (Å²) in [5, 5.41) is 10.9. The van der Waals surface area contributed by atoms with Gasteiger partial charge in [-0.1, -0.05) is 5.21 Å². The van der Waals surface area contributed by atoms with E-state index in [1.54, 1.807) is 47.5 Å². The molecule has 7 nitrogen and oxygen atoms in total. The lowest BCUT2D eigenvalue weighted by molar-refractivity contribution is 0.0950. The number of aromatic nitrogens is 4. The Labute approximate surface area is 139 Å². The summed E-state index contributed by atoms with van der Waals surface area (Å²) >= 11 is 0. The Morgan fingerprint density at radius 2 is 2.08 bits per heavy atom. The normalized spacial score (nSPS) is 10.4. The van der Waals surface area contributed by atoms with E-state index >= 15 is 0 Å². The van der Waals surface area contributed by atoms with Crippen LogP contribution < -0.4 is 10.1 Å². The highest BCUT2D eigenvalue weighted by Crippen LogP contribution is 2.12. The minimum absolute atomic E-state index is 0.172. The molecular weight excluding hydrogens is 306 g/mol. The number of rotatable bonds is 6. The monoisotopic (exact) mass is 323 g/mol. The lowest BCUT2D eigenvalue weighted by atomic mass is 10.2. The highest BCUT2D eigenvalue weighted by molar-refractivity contribution is 5.94. The van der Waals surface area contributed by atoms with E-state index in [-0.39, 0.29) is 5.91 Å². The molecule has 3 aromatic rings. The van der Waals surface area contributed by atoms with Crippen LogP contribution in [-0.2, 0) is 6.54 Å². The van der Waals surface area contributed by atoms with Gasteiger partial charge in [-0.05, 0) is 43.3 Å². The van der Waals surface area contributed by atoms with Gasteiger partial charge in [-0.25, -0.2) is 4.68 Å². The van der Waals surface area contributed by atoms with E-state index < -0.39 is 0 Å². The Balaban J connectivity index is 1.59. The number of carbonyl (C=O) groups excluding carboxylic acids is 1. The van der Waals surface area contributed by atoms with Crippen LogP contribution in [0.25, 0.3) is 5.69 Å². The van der Waals surface area contributed by atoms with Crippen molar-refractivity contribution in [3.8, 4) is 11.4 Å².